The van der Waals surface area contributed by atoms with Crippen LogP contribution in [0.15, 0.2) is 0 Å². The van der Waals surface area contributed by atoms with Crippen LogP contribution in [-0.2, 0) is 14.3 Å². The molecule has 0 unspecified atom stereocenters. The van der Waals surface area contributed by atoms with Crippen molar-refractivity contribution in [3.8, 4) is 0 Å². The van der Waals surface area contributed by atoms with E-state index in [4.69, 9.17) is 20.3 Å². The molecule has 0 bridgehead atoms. The van der Waals surface area contributed by atoms with Crippen LogP contribution in [-0.4, -0.2) is 92.9 Å². The maximum absolute atomic E-state index is 11.9. The Bertz CT molecular complexity index is 538. The largest absolute Gasteiger partial charge is 0.480 e. The molecule has 1 heterocycles. The molecule has 170 valence electrons. The van der Waals surface area contributed by atoms with Gasteiger partial charge in [-0.1, -0.05) is 0 Å². The summed E-state index contributed by atoms with van der Waals surface area (Å²) >= 11 is 0. The lowest BCUT2D eigenvalue weighted by atomic mass is 9.87. The minimum absolute atomic E-state index is 0.0935. The van der Waals surface area contributed by atoms with Crippen molar-refractivity contribution in [1.29, 1.82) is 0 Å². The van der Waals surface area contributed by atoms with Gasteiger partial charge in [0.1, 0.15) is 36.1 Å². The third-order valence-electron chi connectivity index (χ3n) is 4.69. The molecule has 1 rings (SSSR count). The van der Waals surface area contributed by atoms with Crippen molar-refractivity contribution in [1.82, 2.24) is 5.32 Å². The minimum atomic E-state index is -1.51. The van der Waals surface area contributed by atoms with E-state index < -0.39 is 60.8 Å². The molecule has 0 aromatic heterocycles. The van der Waals surface area contributed by atoms with Crippen molar-refractivity contribution in [2.75, 3.05) is 13.2 Å². The number of carbonyl (C=O) groups is 2. The van der Waals surface area contributed by atoms with Crippen LogP contribution in [0.4, 0.5) is 4.79 Å². The van der Waals surface area contributed by atoms with Crippen LogP contribution < -0.4 is 11.1 Å². The molecule has 29 heavy (non-hydrogen) atoms. The van der Waals surface area contributed by atoms with Crippen LogP contribution in [0.25, 0.3) is 0 Å². The van der Waals surface area contributed by atoms with E-state index in [2.05, 4.69) is 5.32 Å². The van der Waals surface area contributed by atoms with Gasteiger partial charge < -0.3 is 46.1 Å². The zero-order valence-electron chi connectivity index (χ0n) is 17.0. The molecular weight excluding hydrogens is 388 g/mol. The lowest BCUT2D eigenvalue weighted by Gasteiger charge is -2.41. The van der Waals surface area contributed by atoms with Crippen LogP contribution in [0.3, 0.4) is 0 Å². The first kappa shape index (κ1) is 25.5. The van der Waals surface area contributed by atoms with Gasteiger partial charge in [0, 0.05) is 6.54 Å². The summed E-state index contributed by atoms with van der Waals surface area (Å²) in [6, 6.07) is -1.09. The Morgan fingerprint density at radius 1 is 1.10 bits per heavy atom. The van der Waals surface area contributed by atoms with Gasteiger partial charge >= 0.3 is 12.1 Å². The molecule has 0 spiro atoms. The van der Waals surface area contributed by atoms with Crippen LogP contribution >= 0.6 is 0 Å². The van der Waals surface area contributed by atoms with E-state index >= 15 is 0 Å². The number of aliphatic hydroxyl groups is 4. The number of carboxylic acid groups (broad SMARTS) is 1. The average molecular weight is 422 g/mol. The Hall–Kier alpha value is -1.50. The molecule has 1 aliphatic rings. The summed E-state index contributed by atoms with van der Waals surface area (Å²) in [5.74, 6) is -1.52. The number of nitrogens with one attached hydrogen (secondary N) is 1. The van der Waals surface area contributed by atoms with Crippen molar-refractivity contribution < 1.29 is 44.6 Å². The fourth-order valence-corrected chi connectivity index (χ4v) is 3.09. The lowest BCUT2D eigenvalue weighted by Crippen LogP contribution is -2.59. The molecular formula is C18H34N2O9. The molecule has 8 N–H and O–H groups in total. The van der Waals surface area contributed by atoms with Crippen LogP contribution in [0, 0.1) is 5.92 Å². The number of rotatable bonds is 9. The Morgan fingerprint density at radius 2 is 1.69 bits per heavy atom. The Labute approximate surface area is 169 Å². The molecule has 7 atom stereocenters. The number of hydrogen-bond donors (Lipinski definition) is 7. The zero-order valence-corrected chi connectivity index (χ0v) is 17.0. The number of carboxylic acids is 1. The van der Waals surface area contributed by atoms with E-state index in [0.717, 1.165) is 0 Å². The molecule has 1 fully saturated rings. The van der Waals surface area contributed by atoms with Crippen LogP contribution in [0.2, 0.25) is 0 Å². The van der Waals surface area contributed by atoms with E-state index in [1.807, 2.05) is 0 Å². The molecule has 0 aromatic carbocycles. The van der Waals surface area contributed by atoms with E-state index in [9.17, 15) is 30.0 Å². The number of aliphatic carboxylic acids is 1. The highest BCUT2D eigenvalue weighted by Gasteiger charge is 2.43. The van der Waals surface area contributed by atoms with Gasteiger partial charge in [0.2, 0.25) is 0 Å². The lowest BCUT2D eigenvalue weighted by molar-refractivity contribution is -0.232. The number of aliphatic hydroxyl groups excluding tert-OH is 4. The molecule has 0 radical (unpaired) electrons. The van der Waals surface area contributed by atoms with Crippen LogP contribution in [0.5, 0.6) is 0 Å². The summed E-state index contributed by atoms with van der Waals surface area (Å²) in [6.45, 7) is 4.68. The van der Waals surface area contributed by atoms with Crippen molar-refractivity contribution >= 4 is 12.1 Å². The summed E-state index contributed by atoms with van der Waals surface area (Å²) in [4.78, 5) is 22.9. The van der Waals surface area contributed by atoms with Gasteiger partial charge in [0.25, 0.3) is 0 Å². The molecule has 1 saturated heterocycles. The maximum atomic E-state index is 11.9. The molecule has 1 aliphatic heterocycles. The number of alkyl carbamates (subject to hydrolysis) is 1. The number of hydrogen-bond acceptors (Lipinski definition) is 9. The van der Waals surface area contributed by atoms with E-state index in [1.54, 1.807) is 20.8 Å². The van der Waals surface area contributed by atoms with E-state index in [1.165, 1.54) is 0 Å². The van der Waals surface area contributed by atoms with E-state index in [-0.39, 0.29) is 31.7 Å². The molecule has 1 amide bonds. The predicted molar refractivity (Wildman–Crippen MR) is 101 cm³/mol. The quantitative estimate of drug-likeness (QED) is 0.231. The summed E-state index contributed by atoms with van der Waals surface area (Å²) in [5.41, 5.74) is 4.86. The Balaban J connectivity index is 2.78. The minimum Gasteiger partial charge on any atom is -0.480 e. The number of nitrogens with two attached hydrogens (primary N) is 1. The fraction of sp³-hybridized carbons (Fsp3) is 0.889. The standard InChI is InChI=1S/C18H34N2O9/c1-18(2,3)29-17(27)20-7-9(4-5-10(19)16(25)26)6-11-13(22)15(24)14(23)12(8-21)28-11/h9-15,21-24H,4-8,19H2,1-3H3,(H,20,27)(H,25,26)/t9-,10-,11-,12+,13-,14-,15+/m0/s1. The first-order valence-corrected chi connectivity index (χ1v) is 9.61. The molecule has 11 nitrogen and oxygen atoms in total. The summed E-state index contributed by atoms with van der Waals surface area (Å²) < 4.78 is 10.7. The van der Waals surface area contributed by atoms with Gasteiger partial charge in [-0.05, 0) is 46.0 Å². The number of carbonyl (C=O) groups excluding carboxylic acids is 1. The van der Waals surface area contributed by atoms with Crippen molar-refractivity contribution in [3.63, 3.8) is 0 Å². The SMILES string of the molecule is CC(C)(C)OC(=O)NC[C@@H](CC[C@H](N)C(=O)O)C[C@@H]1O[C@H](CO)[C@H](O)[C@H](O)[C@H]1O. The molecule has 11 heteroatoms. The molecule has 0 saturated carbocycles. The number of ether oxygens (including phenoxy) is 2. The second kappa shape index (κ2) is 11.0. The van der Waals surface area contributed by atoms with Crippen LogP contribution in [0.1, 0.15) is 40.0 Å². The first-order valence-electron chi connectivity index (χ1n) is 9.61. The second-order valence-corrected chi connectivity index (χ2v) is 8.37. The summed E-state index contributed by atoms with van der Waals surface area (Å²) in [5, 5.41) is 50.9. The highest BCUT2D eigenvalue weighted by atomic mass is 16.6. The Morgan fingerprint density at radius 3 is 2.21 bits per heavy atom. The normalized spacial score (nSPS) is 29.7. The van der Waals surface area contributed by atoms with Gasteiger partial charge in [-0.3, -0.25) is 4.79 Å². The first-order chi connectivity index (χ1) is 13.4. The van der Waals surface area contributed by atoms with Gasteiger partial charge in [0.05, 0.1) is 12.7 Å². The average Bonchev–Trinajstić information content (AvgIpc) is 2.62. The highest BCUT2D eigenvalue weighted by Crippen LogP contribution is 2.27. The van der Waals surface area contributed by atoms with Gasteiger partial charge in [-0.25, -0.2) is 4.79 Å². The van der Waals surface area contributed by atoms with Gasteiger partial charge in [-0.15, -0.1) is 0 Å². The maximum Gasteiger partial charge on any atom is 0.407 e. The Kier molecular flexibility index (Phi) is 9.73. The predicted octanol–water partition coefficient (Wildman–Crippen LogP) is -1.45. The third-order valence-corrected chi connectivity index (χ3v) is 4.69. The summed E-state index contributed by atoms with van der Waals surface area (Å²) in [6.07, 6.45) is -6.48. The molecule has 0 aliphatic carbocycles. The number of amides is 1. The van der Waals surface area contributed by atoms with E-state index in [0.29, 0.717) is 0 Å². The zero-order chi connectivity index (χ0) is 22.4. The second-order valence-electron chi connectivity index (χ2n) is 8.37. The topological polar surface area (TPSA) is 192 Å². The van der Waals surface area contributed by atoms with Gasteiger partial charge in [-0.2, -0.15) is 0 Å². The fourth-order valence-electron chi connectivity index (χ4n) is 3.09. The third kappa shape index (κ3) is 8.41. The summed E-state index contributed by atoms with van der Waals surface area (Å²) in [7, 11) is 0. The van der Waals surface area contributed by atoms with Gasteiger partial charge in [0.15, 0.2) is 0 Å². The monoisotopic (exact) mass is 422 g/mol. The molecule has 0 aromatic rings. The highest BCUT2D eigenvalue weighted by molar-refractivity contribution is 5.72. The van der Waals surface area contributed by atoms with Crippen molar-refractivity contribution in [3.05, 3.63) is 0 Å². The van der Waals surface area contributed by atoms with Crippen molar-refractivity contribution in [2.45, 2.75) is 82.2 Å². The smallest absolute Gasteiger partial charge is 0.407 e. The van der Waals surface area contributed by atoms with Crippen molar-refractivity contribution in [2.24, 2.45) is 11.7 Å².